The highest BCUT2D eigenvalue weighted by atomic mass is 16.3. The summed E-state index contributed by atoms with van der Waals surface area (Å²) in [5, 5.41) is 3.49. The Kier molecular flexibility index (Phi) is 4.83. The van der Waals surface area contributed by atoms with Crippen LogP contribution in [0.15, 0.2) is 53.1 Å². The lowest BCUT2D eigenvalue weighted by Gasteiger charge is -2.21. The van der Waals surface area contributed by atoms with E-state index in [0.29, 0.717) is 0 Å². The molecule has 0 radical (unpaired) electrons. The Morgan fingerprint density at radius 3 is 2.58 bits per heavy atom. The van der Waals surface area contributed by atoms with Gasteiger partial charge in [-0.15, -0.1) is 6.42 Å². The van der Waals surface area contributed by atoms with Crippen molar-refractivity contribution in [2.45, 2.75) is 31.8 Å². The van der Waals surface area contributed by atoms with Gasteiger partial charge in [0, 0.05) is 0 Å². The topological polar surface area (TPSA) is 25.2 Å². The van der Waals surface area contributed by atoms with Gasteiger partial charge in [0.25, 0.3) is 0 Å². The van der Waals surface area contributed by atoms with E-state index in [1.807, 2.05) is 30.3 Å². The molecule has 98 valence electrons. The molecule has 0 spiro atoms. The van der Waals surface area contributed by atoms with E-state index < -0.39 is 0 Å². The van der Waals surface area contributed by atoms with Gasteiger partial charge in [-0.05, 0) is 24.1 Å². The van der Waals surface area contributed by atoms with E-state index in [-0.39, 0.29) is 12.1 Å². The van der Waals surface area contributed by atoms with Gasteiger partial charge in [0.05, 0.1) is 18.3 Å². The molecule has 0 bridgehead atoms. The van der Waals surface area contributed by atoms with Gasteiger partial charge in [0.15, 0.2) is 0 Å². The molecule has 1 N–H and O–H groups in total. The van der Waals surface area contributed by atoms with E-state index in [0.717, 1.165) is 24.2 Å². The Balaban J connectivity index is 2.23. The third-order valence-electron chi connectivity index (χ3n) is 3.11. The van der Waals surface area contributed by atoms with E-state index >= 15 is 0 Å². The van der Waals surface area contributed by atoms with Crippen molar-refractivity contribution < 1.29 is 4.42 Å². The molecule has 2 aromatic rings. The van der Waals surface area contributed by atoms with Crippen molar-refractivity contribution in [3.63, 3.8) is 0 Å². The van der Waals surface area contributed by atoms with Crippen LogP contribution < -0.4 is 5.32 Å². The molecule has 0 saturated heterocycles. The van der Waals surface area contributed by atoms with Gasteiger partial charge in [-0.1, -0.05) is 49.6 Å². The predicted octanol–water partition coefficient (Wildman–Crippen LogP) is 3.76. The second-order valence-electron chi connectivity index (χ2n) is 4.53. The number of hydrogen-bond acceptors (Lipinski definition) is 2. The first-order chi connectivity index (χ1) is 9.35. The van der Waals surface area contributed by atoms with Crippen molar-refractivity contribution in [1.29, 1.82) is 0 Å². The summed E-state index contributed by atoms with van der Waals surface area (Å²) in [4.78, 5) is 0. The second kappa shape index (κ2) is 6.82. The normalized spacial score (nSPS) is 13.7. The maximum absolute atomic E-state index is 5.60. The summed E-state index contributed by atoms with van der Waals surface area (Å²) in [5.41, 5.74) is 1.16. The summed E-state index contributed by atoms with van der Waals surface area (Å²) in [7, 11) is 0. The van der Waals surface area contributed by atoms with Gasteiger partial charge >= 0.3 is 0 Å². The molecule has 0 aliphatic carbocycles. The first-order valence-corrected chi connectivity index (χ1v) is 6.65. The lowest BCUT2D eigenvalue weighted by Crippen LogP contribution is -2.32. The molecular formula is C17H19NO. The van der Waals surface area contributed by atoms with Crippen LogP contribution in [-0.2, 0) is 0 Å². The molecule has 1 heterocycles. The summed E-state index contributed by atoms with van der Waals surface area (Å²) in [6.45, 7) is 2.14. The lowest BCUT2D eigenvalue weighted by molar-refractivity contribution is 0.422. The summed E-state index contributed by atoms with van der Waals surface area (Å²) in [5.74, 6) is 3.70. The first-order valence-electron chi connectivity index (χ1n) is 6.65. The van der Waals surface area contributed by atoms with E-state index in [1.54, 1.807) is 6.26 Å². The van der Waals surface area contributed by atoms with Crippen molar-refractivity contribution in [2.75, 3.05) is 0 Å². The zero-order valence-corrected chi connectivity index (χ0v) is 11.2. The number of nitrogens with one attached hydrogen (secondary N) is 1. The van der Waals surface area contributed by atoms with Gasteiger partial charge < -0.3 is 4.42 Å². The van der Waals surface area contributed by atoms with Crippen LogP contribution in [-0.4, -0.2) is 6.04 Å². The Morgan fingerprint density at radius 2 is 2.00 bits per heavy atom. The number of furan rings is 1. The van der Waals surface area contributed by atoms with Gasteiger partial charge in [-0.2, -0.15) is 0 Å². The average molecular weight is 253 g/mol. The molecule has 2 unspecified atom stereocenters. The molecule has 0 fully saturated rings. The number of rotatable bonds is 6. The van der Waals surface area contributed by atoms with Crippen molar-refractivity contribution in [2.24, 2.45) is 0 Å². The Bertz CT molecular complexity index is 510. The largest absolute Gasteiger partial charge is 0.467 e. The maximum Gasteiger partial charge on any atom is 0.125 e. The number of benzene rings is 1. The fourth-order valence-corrected chi connectivity index (χ4v) is 2.15. The molecule has 0 aliphatic rings. The standard InChI is InChI=1S/C17H19NO/c1-3-9-15(4-2)18-17(16-12-8-13-19-16)14-10-6-5-7-11-14/h2,5-8,10-13,15,17-18H,3,9H2,1H3. The molecular weight excluding hydrogens is 234 g/mol. The average Bonchev–Trinajstić information content (AvgIpc) is 2.98. The van der Waals surface area contributed by atoms with E-state index in [1.165, 1.54) is 0 Å². The highest BCUT2D eigenvalue weighted by Gasteiger charge is 2.19. The fourth-order valence-electron chi connectivity index (χ4n) is 2.15. The smallest absolute Gasteiger partial charge is 0.125 e. The summed E-state index contributed by atoms with van der Waals surface area (Å²) in [6.07, 6.45) is 9.30. The monoisotopic (exact) mass is 253 g/mol. The zero-order valence-electron chi connectivity index (χ0n) is 11.2. The Hall–Kier alpha value is -1.98. The molecule has 0 aliphatic heterocycles. The first kappa shape index (κ1) is 13.5. The Morgan fingerprint density at radius 1 is 1.21 bits per heavy atom. The third kappa shape index (κ3) is 3.49. The molecule has 2 heteroatoms. The van der Waals surface area contributed by atoms with Crippen LogP contribution in [0.1, 0.15) is 37.1 Å². The van der Waals surface area contributed by atoms with Gasteiger partial charge in [0.1, 0.15) is 5.76 Å². The van der Waals surface area contributed by atoms with Crippen LogP contribution in [0.4, 0.5) is 0 Å². The highest BCUT2D eigenvalue weighted by molar-refractivity contribution is 5.27. The predicted molar refractivity (Wildman–Crippen MR) is 77.7 cm³/mol. The molecule has 1 aromatic carbocycles. The van der Waals surface area contributed by atoms with Crippen LogP contribution >= 0.6 is 0 Å². The maximum atomic E-state index is 5.60. The second-order valence-corrected chi connectivity index (χ2v) is 4.53. The van der Waals surface area contributed by atoms with E-state index in [4.69, 9.17) is 10.8 Å². The van der Waals surface area contributed by atoms with Crippen molar-refractivity contribution >= 4 is 0 Å². The molecule has 1 aromatic heterocycles. The lowest BCUT2D eigenvalue weighted by atomic mass is 10.0. The number of hydrogen-bond donors (Lipinski definition) is 1. The quantitative estimate of drug-likeness (QED) is 0.793. The molecule has 19 heavy (non-hydrogen) atoms. The third-order valence-corrected chi connectivity index (χ3v) is 3.11. The van der Waals surface area contributed by atoms with Crippen LogP contribution in [0.25, 0.3) is 0 Å². The van der Waals surface area contributed by atoms with Crippen LogP contribution in [0, 0.1) is 12.3 Å². The van der Waals surface area contributed by atoms with Crippen molar-refractivity contribution in [3.8, 4) is 12.3 Å². The minimum atomic E-state index is 0.00352. The van der Waals surface area contributed by atoms with Crippen molar-refractivity contribution in [1.82, 2.24) is 5.32 Å². The minimum Gasteiger partial charge on any atom is -0.467 e. The van der Waals surface area contributed by atoms with Gasteiger partial charge in [-0.25, -0.2) is 0 Å². The molecule has 2 rings (SSSR count). The molecule has 2 nitrogen and oxygen atoms in total. The minimum absolute atomic E-state index is 0.00352. The molecule has 2 atom stereocenters. The highest BCUT2D eigenvalue weighted by Crippen LogP contribution is 2.23. The number of terminal acetylenes is 1. The van der Waals surface area contributed by atoms with Gasteiger partial charge in [-0.3, -0.25) is 5.32 Å². The SMILES string of the molecule is C#CC(CCC)NC(c1ccccc1)c1ccco1. The summed E-state index contributed by atoms with van der Waals surface area (Å²) >= 11 is 0. The van der Waals surface area contributed by atoms with Crippen LogP contribution in [0.2, 0.25) is 0 Å². The van der Waals surface area contributed by atoms with E-state index in [2.05, 4.69) is 30.3 Å². The van der Waals surface area contributed by atoms with Gasteiger partial charge in [0.2, 0.25) is 0 Å². The van der Waals surface area contributed by atoms with Crippen LogP contribution in [0.3, 0.4) is 0 Å². The molecule has 0 amide bonds. The summed E-state index contributed by atoms with van der Waals surface area (Å²) < 4.78 is 5.54. The van der Waals surface area contributed by atoms with E-state index in [9.17, 15) is 0 Å². The molecule has 0 saturated carbocycles. The zero-order chi connectivity index (χ0) is 13.5. The van der Waals surface area contributed by atoms with Crippen LogP contribution in [0.5, 0.6) is 0 Å². The fraction of sp³-hybridized carbons (Fsp3) is 0.294. The Labute approximate surface area is 114 Å². The summed E-state index contributed by atoms with van der Waals surface area (Å²) in [6, 6.07) is 14.2. The van der Waals surface area contributed by atoms with Crippen molar-refractivity contribution in [3.05, 3.63) is 60.1 Å².